The minimum absolute atomic E-state index is 0.779. The molecule has 0 aromatic heterocycles. The fraction of sp³-hybridized carbons (Fsp3) is 0.909. The maximum Gasteiger partial charge on any atom is 0.166 e. The third-order valence-electron chi connectivity index (χ3n) is 2.83. The molecule has 1 rings (SSSR count). The van der Waals surface area contributed by atoms with Crippen molar-refractivity contribution in [2.75, 3.05) is 13.1 Å². The summed E-state index contributed by atoms with van der Waals surface area (Å²) >= 11 is 5.17. The van der Waals surface area contributed by atoms with Crippen LogP contribution in [-0.2, 0) is 0 Å². The van der Waals surface area contributed by atoms with Crippen LogP contribution in [0, 0.1) is 11.8 Å². The van der Waals surface area contributed by atoms with Gasteiger partial charge in [0.25, 0.3) is 0 Å². The highest BCUT2D eigenvalue weighted by molar-refractivity contribution is 7.80. The molecule has 0 aromatic rings. The standard InChI is InChI=1S/C11H22N2S/c1-3-4-7-12-11(14)13-8-9(2)10-5-6-10/h9-10H,3-8H2,1-2H3,(H2,12,13,14). The van der Waals surface area contributed by atoms with Gasteiger partial charge in [-0.3, -0.25) is 0 Å². The molecule has 1 unspecified atom stereocenters. The highest BCUT2D eigenvalue weighted by atomic mass is 32.1. The molecular weight excluding hydrogens is 192 g/mol. The molecular formula is C11H22N2S. The second kappa shape index (κ2) is 6.23. The number of unbranched alkanes of at least 4 members (excludes halogenated alkanes) is 1. The quantitative estimate of drug-likeness (QED) is 0.524. The van der Waals surface area contributed by atoms with Crippen molar-refractivity contribution >= 4 is 17.3 Å². The van der Waals surface area contributed by atoms with E-state index in [-0.39, 0.29) is 0 Å². The summed E-state index contributed by atoms with van der Waals surface area (Å²) < 4.78 is 0. The van der Waals surface area contributed by atoms with Gasteiger partial charge in [0.1, 0.15) is 0 Å². The van der Waals surface area contributed by atoms with E-state index in [0.29, 0.717) is 0 Å². The van der Waals surface area contributed by atoms with E-state index >= 15 is 0 Å². The van der Waals surface area contributed by atoms with Crippen molar-refractivity contribution in [3.8, 4) is 0 Å². The molecule has 1 aliphatic rings. The molecule has 0 aromatic carbocycles. The van der Waals surface area contributed by atoms with Crippen LogP contribution in [0.1, 0.15) is 39.5 Å². The van der Waals surface area contributed by atoms with Crippen molar-refractivity contribution in [2.24, 2.45) is 11.8 Å². The normalized spacial score (nSPS) is 17.6. The Hall–Kier alpha value is -0.310. The van der Waals surface area contributed by atoms with Gasteiger partial charge in [-0.1, -0.05) is 20.3 Å². The first-order chi connectivity index (χ1) is 6.74. The van der Waals surface area contributed by atoms with Crippen molar-refractivity contribution in [1.82, 2.24) is 10.6 Å². The fourth-order valence-electron chi connectivity index (χ4n) is 1.53. The molecule has 0 aliphatic heterocycles. The van der Waals surface area contributed by atoms with Crippen molar-refractivity contribution in [2.45, 2.75) is 39.5 Å². The zero-order chi connectivity index (χ0) is 10.4. The predicted octanol–water partition coefficient (Wildman–Crippen LogP) is 2.30. The smallest absolute Gasteiger partial charge is 0.166 e. The first-order valence-electron chi connectivity index (χ1n) is 5.75. The van der Waals surface area contributed by atoms with E-state index in [9.17, 15) is 0 Å². The maximum atomic E-state index is 5.17. The minimum Gasteiger partial charge on any atom is -0.363 e. The summed E-state index contributed by atoms with van der Waals surface area (Å²) in [5.41, 5.74) is 0. The van der Waals surface area contributed by atoms with Crippen LogP contribution in [0.5, 0.6) is 0 Å². The average Bonchev–Trinajstić information content (AvgIpc) is 2.98. The first-order valence-corrected chi connectivity index (χ1v) is 6.16. The van der Waals surface area contributed by atoms with E-state index in [0.717, 1.165) is 30.0 Å². The lowest BCUT2D eigenvalue weighted by Gasteiger charge is -2.14. The molecule has 1 saturated carbocycles. The molecule has 0 saturated heterocycles. The van der Waals surface area contributed by atoms with E-state index in [1.54, 1.807) is 0 Å². The van der Waals surface area contributed by atoms with Crippen molar-refractivity contribution in [3.63, 3.8) is 0 Å². The molecule has 2 nitrogen and oxygen atoms in total. The van der Waals surface area contributed by atoms with Crippen LogP contribution in [0.15, 0.2) is 0 Å². The van der Waals surface area contributed by atoms with Gasteiger partial charge < -0.3 is 10.6 Å². The van der Waals surface area contributed by atoms with Crippen LogP contribution in [0.25, 0.3) is 0 Å². The lowest BCUT2D eigenvalue weighted by atomic mass is 10.1. The number of hydrogen-bond acceptors (Lipinski definition) is 1. The third kappa shape index (κ3) is 4.80. The molecule has 2 N–H and O–H groups in total. The molecule has 1 atom stereocenters. The highest BCUT2D eigenvalue weighted by Crippen LogP contribution is 2.35. The zero-order valence-corrected chi connectivity index (χ0v) is 10.1. The Morgan fingerprint density at radius 3 is 2.71 bits per heavy atom. The Kier molecular flexibility index (Phi) is 5.23. The lowest BCUT2D eigenvalue weighted by Crippen LogP contribution is -2.38. The van der Waals surface area contributed by atoms with E-state index in [2.05, 4.69) is 24.5 Å². The SMILES string of the molecule is CCCCNC(=S)NCC(C)C1CC1. The van der Waals surface area contributed by atoms with Gasteiger partial charge in [-0.05, 0) is 43.3 Å². The monoisotopic (exact) mass is 214 g/mol. The van der Waals surface area contributed by atoms with Crippen LogP contribution in [-0.4, -0.2) is 18.2 Å². The molecule has 1 aliphatic carbocycles. The van der Waals surface area contributed by atoms with E-state index in [4.69, 9.17) is 12.2 Å². The Morgan fingerprint density at radius 2 is 2.14 bits per heavy atom. The second-order valence-electron chi connectivity index (χ2n) is 4.31. The van der Waals surface area contributed by atoms with E-state index < -0.39 is 0 Å². The minimum atomic E-state index is 0.779. The van der Waals surface area contributed by atoms with Gasteiger partial charge in [0.05, 0.1) is 0 Å². The summed E-state index contributed by atoms with van der Waals surface area (Å²) in [6, 6.07) is 0. The lowest BCUT2D eigenvalue weighted by molar-refractivity contribution is 0.498. The van der Waals surface area contributed by atoms with Crippen molar-refractivity contribution in [3.05, 3.63) is 0 Å². The molecule has 0 bridgehead atoms. The van der Waals surface area contributed by atoms with Gasteiger partial charge in [-0.25, -0.2) is 0 Å². The topological polar surface area (TPSA) is 24.1 Å². The molecule has 0 spiro atoms. The number of hydrogen-bond donors (Lipinski definition) is 2. The van der Waals surface area contributed by atoms with Crippen LogP contribution < -0.4 is 10.6 Å². The summed E-state index contributed by atoms with van der Waals surface area (Å²) in [5.74, 6) is 1.74. The van der Waals surface area contributed by atoms with Crippen LogP contribution >= 0.6 is 12.2 Å². The average molecular weight is 214 g/mol. The molecule has 3 heteroatoms. The van der Waals surface area contributed by atoms with Gasteiger partial charge in [0, 0.05) is 13.1 Å². The highest BCUT2D eigenvalue weighted by Gasteiger charge is 2.27. The maximum absolute atomic E-state index is 5.17. The molecule has 1 fully saturated rings. The zero-order valence-electron chi connectivity index (χ0n) is 9.31. The van der Waals surface area contributed by atoms with Crippen molar-refractivity contribution < 1.29 is 0 Å². The van der Waals surface area contributed by atoms with Gasteiger partial charge in [0.15, 0.2) is 5.11 Å². The number of nitrogens with one attached hydrogen (secondary N) is 2. The van der Waals surface area contributed by atoms with Gasteiger partial charge in [-0.15, -0.1) is 0 Å². The summed E-state index contributed by atoms with van der Waals surface area (Å²) in [4.78, 5) is 0. The molecule has 0 amide bonds. The Morgan fingerprint density at radius 1 is 1.43 bits per heavy atom. The first kappa shape index (κ1) is 11.8. The van der Waals surface area contributed by atoms with E-state index in [1.807, 2.05) is 0 Å². The Balaban J connectivity index is 1.96. The summed E-state index contributed by atoms with van der Waals surface area (Å²) in [6.45, 7) is 6.52. The van der Waals surface area contributed by atoms with Crippen LogP contribution in [0.2, 0.25) is 0 Å². The Bertz CT molecular complexity index is 178. The third-order valence-corrected chi connectivity index (χ3v) is 3.12. The van der Waals surface area contributed by atoms with Gasteiger partial charge in [-0.2, -0.15) is 0 Å². The largest absolute Gasteiger partial charge is 0.363 e. The second-order valence-corrected chi connectivity index (χ2v) is 4.71. The number of rotatable bonds is 6. The molecule has 0 radical (unpaired) electrons. The summed E-state index contributed by atoms with van der Waals surface area (Å²) in [7, 11) is 0. The molecule has 82 valence electrons. The summed E-state index contributed by atoms with van der Waals surface area (Å²) in [5, 5.41) is 7.33. The van der Waals surface area contributed by atoms with Gasteiger partial charge >= 0.3 is 0 Å². The molecule has 14 heavy (non-hydrogen) atoms. The van der Waals surface area contributed by atoms with Gasteiger partial charge in [0.2, 0.25) is 0 Å². The predicted molar refractivity (Wildman–Crippen MR) is 65.4 cm³/mol. The van der Waals surface area contributed by atoms with Crippen LogP contribution in [0.3, 0.4) is 0 Å². The Labute approximate surface area is 92.8 Å². The van der Waals surface area contributed by atoms with Crippen molar-refractivity contribution in [1.29, 1.82) is 0 Å². The summed E-state index contributed by atoms with van der Waals surface area (Å²) in [6.07, 6.45) is 5.24. The van der Waals surface area contributed by atoms with Crippen LogP contribution in [0.4, 0.5) is 0 Å². The molecule has 0 heterocycles. The fourth-order valence-corrected chi connectivity index (χ4v) is 1.71. The van der Waals surface area contributed by atoms with E-state index in [1.165, 1.54) is 25.7 Å². The number of thiocarbonyl (C=S) groups is 1.